The first-order valence-corrected chi connectivity index (χ1v) is 9.93. The Bertz CT molecular complexity index is 572. The highest BCUT2D eigenvalue weighted by Crippen LogP contribution is 2.19. The van der Waals surface area contributed by atoms with Gasteiger partial charge in [-0.1, -0.05) is 13.3 Å². The standard InChI is InChI=1S/C17H28N2O3S/c1-3-15-7-4-5-13-19(15)14-6-12-18-23(20,21)17-10-8-16(22-2)9-11-17/h8-11,15,18H,3-7,12-14H2,1-2H3/t15-/m0/s1. The van der Waals surface area contributed by atoms with E-state index in [1.165, 1.54) is 25.7 Å². The van der Waals surface area contributed by atoms with Crippen LogP contribution in [0, 0.1) is 0 Å². The number of likely N-dealkylation sites (tertiary alicyclic amines) is 1. The fourth-order valence-electron chi connectivity index (χ4n) is 3.14. The van der Waals surface area contributed by atoms with Crippen molar-refractivity contribution >= 4 is 10.0 Å². The molecule has 23 heavy (non-hydrogen) atoms. The molecular formula is C17H28N2O3S. The molecule has 0 saturated carbocycles. The molecule has 1 aromatic rings. The van der Waals surface area contributed by atoms with Crippen molar-refractivity contribution in [3.8, 4) is 5.75 Å². The number of rotatable bonds is 8. The topological polar surface area (TPSA) is 58.6 Å². The molecule has 1 fully saturated rings. The molecule has 1 aromatic carbocycles. The van der Waals surface area contributed by atoms with Crippen molar-refractivity contribution in [2.75, 3.05) is 26.7 Å². The van der Waals surface area contributed by atoms with Crippen LogP contribution in [0.5, 0.6) is 5.75 Å². The van der Waals surface area contributed by atoms with Gasteiger partial charge in [0.25, 0.3) is 0 Å². The summed E-state index contributed by atoms with van der Waals surface area (Å²) in [6, 6.07) is 7.13. The molecule has 1 aliphatic heterocycles. The SMILES string of the molecule is CC[C@H]1CCCCN1CCCNS(=O)(=O)c1ccc(OC)cc1. The maximum absolute atomic E-state index is 12.2. The van der Waals surface area contributed by atoms with Crippen molar-refractivity contribution in [3.05, 3.63) is 24.3 Å². The number of hydrogen-bond donors (Lipinski definition) is 1. The van der Waals surface area contributed by atoms with E-state index in [1.54, 1.807) is 31.4 Å². The minimum atomic E-state index is -3.43. The second-order valence-electron chi connectivity index (χ2n) is 6.02. The van der Waals surface area contributed by atoms with Crippen LogP contribution in [-0.2, 0) is 10.0 Å². The summed E-state index contributed by atoms with van der Waals surface area (Å²) in [5.41, 5.74) is 0. The largest absolute Gasteiger partial charge is 0.497 e. The minimum absolute atomic E-state index is 0.280. The van der Waals surface area contributed by atoms with Crippen LogP contribution in [0.25, 0.3) is 0 Å². The molecule has 0 aromatic heterocycles. The third-order valence-electron chi connectivity index (χ3n) is 4.50. The van der Waals surface area contributed by atoms with Gasteiger partial charge in [0, 0.05) is 12.6 Å². The molecule has 1 N–H and O–H groups in total. The van der Waals surface area contributed by atoms with E-state index in [-0.39, 0.29) is 4.90 Å². The van der Waals surface area contributed by atoms with Gasteiger partial charge in [0.05, 0.1) is 12.0 Å². The Morgan fingerprint density at radius 1 is 1.26 bits per heavy atom. The summed E-state index contributed by atoms with van der Waals surface area (Å²) in [5.74, 6) is 0.652. The van der Waals surface area contributed by atoms with E-state index in [1.807, 2.05) is 0 Å². The van der Waals surface area contributed by atoms with Crippen LogP contribution in [0.15, 0.2) is 29.2 Å². The predicted molar refractivity (Wildman–Crippen MR) is 92.3 cm³/mol. The Morgan fingerprint density at radius 2 is 2.00 bits per heavy atom. The lowest BCUT2D eigenvalue weighted by molar-refractivity contribution is 0.143. The number of nitrogens with zero attached hydrogens (tertiary/aromatic N) is 1. The lowest BCUT2D eigenvalue weighted by atomic mass is 10.00. The molecule has 0 radical (unpaired) electrons. The van der Waals surface area contributed by atoms with Crippen molar-refractivity contribution in [2.45, 2.75) is 50.0 Å². The van der Waals surface area contributed by atoms with Crippen LogP contribution in [0.2, 0.25) is 0 Å². The average Bonchev–Trinajstić information content (AvgIpc) is 2.59. The van der Waals surface area contributed by atoms with E-state index in [9.17, 15) is 8.42 Å². The number of ether oxygens (including phenoxy) is 1. The van der Waals surface area contributed by atoms with Gasteiger partial charge in [-0.25, -0.2) is 13.1 Å². The summed E-state index contributed by atoms with van der Waals surface area (Å²) in [4.78, 5) is 2.79. The maximum Gasteiger partial charge on any atom is 0.240 e. The van der Waals surface area contributed by atoms with Crippen molar-refractivity contribution < 1.29 is 13.2 Å². The van der Waals surface area contributed by atoms with Crippen molar-refractivity contribution in [1.82, 2.24) is 9.62 Å². The molecule has 0 spiro atoms. The summed E-state index contributed by atoms with van der Waals surface area (Å²) in [6.07, 6.45) is 5.87. The van der Waals surface area contributed by atoms with E-state index >= 15 is 0 Å². The molecule has 130 valence electrons. The number of methoxy groups -OCH3 is 1. The summed E-state index contributed by atoms with van der Waals surface area (Å²) in [5, 5.41) is 0. The lowest BCUT2D eigenvalue weighted by Crippen LogP contribution is -2.40. The highest BCUT2D eigenvalue weighted by Gasteiger charge is 2.20. The van der Waals surface area contributed by atoms with Crippen LogP contribution < -0.4 is 9.46 Å². The average molecular weight is 340 g/mol. The predicted octanol–water partition coefficient (Wildman–Crippen LogP) is 2.63. The molecule has 1 heterocycles. The van der Waals surface area contributed by atoms with Gasteiger partial charge in [0.15, 0.2) is 0 Å². The smallest absolute Gasteiger partial charge is 0.240 e. The van der Waals surface area contributed by atoms with Crippen molar-refractivity contribution in [3.63, 3.8) is 0 Å². The number of sulfonamides is 1. The van der Waals surface area contributed by atoms with Crippen LogP contribution in [-0.4, -0.2) is 46.1 Å². The first-order chi connectivity index (χ1) is 11.1. The quantitative estimate of drug-likeness (QED) is 0.739. The van der Waals surface area contributed by atoms with Crippen molar-refractivity contribution in [2.24, 2.45) is 0 Å². The highest BCUT2D eigenvalue weighted by molar-refractivity contribution is 7.89. The maximum atomic E-state index is 12.2. The highest BCUT2D eigenvalue weighted by atomic mass is 32.2. The Morgan fingerprint density at radius 3 is 2.65 bits per heavy atom. The zero-order valence-corrected chi connectivity index (χ0v) is 14.9. The molecule has 1 atom stereocenters. The molecule has 2 rings (SSSR count). The summed E-state index contributed by atoms with van der Waals surface area (Å²) in [7, 11) is -1.87. The normalized spacial score (nSPS) is 19.7. The summed E-state index contributed by atoms with van der Waals surface area (Å²) in [6.45, 7) is 4.81. The fraction of sp³-hybridized carbons (Fsp3) is 0.647. The summed E-state index contributed by atoms with van der Waals surface area (Å²) >= 11 is 0. The zero-order valence-electron chi connectivity index (χ0n) is 14.1. The van der Waals surface area contributed by atoms with Gasteiger partial charge < -0.3 is 9.64 Å². The van der Waals surface area contributed by atoms with E-state index in [0.717, 1.165) is 19.5 Å². The third-order valence-corrected chi connectivity index (χ3v) is 5.98. The van der Waals surface area contributed by atoms with Crippen molar-refractivity contribution in [1.29, 1.82) is 0 Å². The molecule has 0 unspecified atom stereocenters. The number of hydrogen-bond acceptors (Lipinski definition) is 4. The monoisotopic (exact) mass is 340 g/mol. The molecule has 0 amide bonds. The molecule has 6 heteroatoms. The molecule has 0 bridgehead atoms. The summed E-state index contributed by atoms with van der Waals surface area (Å²) < 4.78 is 32.2. The second kappa shape index (κ2) is 8.66. The first kappa shape index (κ1) is 18.2. The fourth-order valence-corrected chi connectivity index (χ4v) is 4.22. The van der Waals surface area contributed by atoms with Gasteiger partial charge in [-0.15, -0.1) is 0 Å². The lowest BCUT2D eigenvalue weighted by Gasteiger charge is -2.35. The number of nitrogens with one attached hydrogen (secondary N) is 1. The van der Waals surface area contributed by atoms with Gasteiger partial charge in [-0.3, -0.25) is 0 Å². The van der Waals surface area contributed by atoms with Crippen LogP contribution in [0.3, 0.4) is 0 Å². The molecular weight excluding hydrogens is 312 g/mol. The second-order valence-corrected chi connectivity index (χ2v) is 7.79. The number of benzene rings is 1. The van der Waals surface area contributed by atoms with Gasteiger partial charge in [0.2, 0.25) is 10.0 Å². The first-order valence-electron chi connectivity index (χ1n) is 8.44. The molecule has 5 nitrogen and oxygen atoms in total. The minimum Gasteiger partial charge on any atom is -0.497 e. The van der Waals surface area contributed by atoms with Gasteiger partial charge in [-0.05, 0) is 63.0 Å². The molecule has 0 aliphatic carbocycles. The van der Waals surface area contributed by atoms with Crippen LogP contribution in [0.1, 0.15) is 39.0 Å². The molecule has 1 saturated heterocycles. The Balaban J connectivity index is 1.80. The Kier molecular flexibility index (Phi) is 6.87. The third kappa shape index (κ3) is 5.19. The van der Waals surface area contributed by atoms with E-state index in [0.29, 0.717) is 18.3 Å². The van der Waals surface area contributed by atoms with Gasteiger partial charge in [-0.2, -0.15) is 0 Å². The van der Waals surface area contributed by atoms with Gasteiger partial charge in [0.1, 0.15) is 5.75 Å². The van der Waals surface area contributed by atoms with E-state index in [4.69, 9.17) is 4.74 Å². The van der Waals surface area contributed by atoms with E-state index < -0.39 is 10.0 Å². The zero-order chi connectivity index (χ0) is 16.7. The van der Waals surface area contributed by atoms with E-state index in [2.05, 4.69) is 16.5 Å². The Labute approximate surface area is 140 Å². The van der Waals surface area contributed by atoms with Gasteiger partial charge >= 0.3 is 0 Å². The van der Waals surface area contributed by atoms with Crippen LogP contribution in [0.4, 0.5) is 0 Å². The molecule has 1 aliphatic rings. The Hall–Kier alpha value is -1.11. The number of piperidine rings is 1. The van der Waals surface area contributed by atoms with Crippen LogP contribution >= 0.6 is 0 Å².